The zero-order valence-electron chi connectivity index (χ0n) is 8.96. The first-order valence-electron chi connectivity index (χ1n) is 5.32. The summed E-state index contributed by atoms with van der Waals surface area (Å²) in [7, 11) is 0. The molecule has 2 N–H and O–H groups in total. The Bertz CT molecular complexity index is 367. The molecule has 0 bridgehead atoms. The first kappa shape index (κ1) is 11.5. The standard InChI is InChI=1S/C12H14F3N/c1-7(16)10-6-11(10)8-2-4-9(5-3-8)12(13,14)15/h2-5,7,10-11H,6,16H2,1H3/t7-,10-,11-/m0/s1. The molecule has 0 amide bonds. The molecule has 2 rings (SSSR count). The monoisotopic (exact) mass is 229 g/mol. The van der Waals surface area contributed by atoms with Crippen LogP contribution < -0.4 is 5.73 Å². The van der Waals surface area contributed by atoms with Crippen molar-refractivity contribution in [2.24, 2.45) is 11.7 Å². The highest BCUT2D eigenvalue weighted by Crippen LogP contribution is 2.49. The minimum absolute atomic E-state index is 0.118. The molecule has 0 aromatic heterocycles. The van der Waals surface area contributed by atoms with Crippen molar-refractivity contribution in [3.05, 3.63) is 35.4 Å². The third-order valence-corrected chi connectivity index (χ3v) is 3.18. The Hall–Kier alpha value is -1.03. The summed E-state index contributed by atoms with van der Waals surface area (Å²) in [6.07, 6.45) is -3.26. The summed E-state index contributed by atoms with van der Waals surface area (Å²) >= 11 is 0. The minimum Gasteiger partial charge on any atom is -0.328 e. The number of hydrogen-bond donors (Lipinski definition) is 1. The van der Waals surface area contributed by atoms with E-state index in [1.165, 1.54) is 0 Å². The predicted octanol–water partition coefficient (Wildman–Crippen LogP) is 3.16. The number of alkyl halides is 3. The van der Waals surface area contributed by atoms with Crippen LogP contribution >= 0.6 is 0 Å². The summed E-state index contributed by atoms with van der Waals surface area (Å²) in [5.41, 5.74) is 6.12. The summed E-state index contributed by atoms with van der Waals surface area (Å²) in [5, 5.41) is 0. The van der Waals surface area contributed by atoms with E-state index in [2.05, 4.69) is 0 Å². The fourth-order valence-electron chi connectivity index (χ4n) is 2.10. The van der Waals surface area contributed by atoms with Crippen LogP contribution in [0, 0.1) is 5.92 Å². The number of hydrogen-bond acceptors (Lipinski definition) is 1. The molecule has 1 fully saturated rings. The highest BCUT2D eigenvalue weighted by Gasteiger charge is 2.41. The van der Waals surface area contributed by atoms with E-state index in [4.69, 9.17) is 5.73 Å². The van der Waals surface area contributed by atoms with E-state index >= 15 is 0 Å². The van der Waals surface area contributed by atoms with Gasteiger partial charge < -0.3 is 5.73 Å². The Labute approximate surface area is 92.5 Å². The molecular formula is C12H14F3N. The van der Waals surface area contributed by atoms with Crippen LogP contribution in [0.1, 0.15) is 30.4 Å². The van der Waals surface area contributed by atoms with E-state index in [1.807, 2.05) is 6.92 Å². The molecule has 3 atom stereocenters. The van der Waals surface area contributed by atoms with E-state index in [0.717, 1.165) is 24.1 Å². The molecule has 88 valence electrons. The van der Waals surface area contributed by atoms with Gasteiger partial charge in [-0.2, -0.15) is 13.2 Å². The first-order chi connectivity index (χ1) is 7.39. The molecule has 1 aliphatic rings. The Morgan fingerprint density at radius 2 is 1.81 bits per heavy atom. The van der Waals surface area contributed by atoms with Gasteiger partial charge in [0.1, 0.15) is 0 Å². The van der Waals surface area contributed by atoms with Gasteiger partial charge in [-0.3, -0.25) is 0 Å². The maximum absolute atomic E-state index is 12.3. The van der Waals surface area contributed by atoms with Crippen molar-refractivity contribution in [2.75, 3.05) is 0 Å². The van der Waals surface area contributed by atoms with Crippen LogP contribution in [0.25, 0.3) is 0 Å². The van der Waals surface area contributed by atoms with Crippen molar-refractivity contribution < 1.29 is 13.2 Å². The van der Waals surface area contributed by atoms with Gasteiger partial charge in [0.15, 0.2) is 0 Å². The third kappa shape index (κ3) is 2.21. The second-order valence-electron chi connectivity index (χ2n) is 4.48. The van der Waals surface area contributed by atoms with Gasteiger partial charge in [0.25, 0.3) is 0 Å². The lowest BCUT2D eigenvalue weighted by atomic mass is 10.0. The SMILES string of the molecule is C[C@H](N)[C@@H]1C[C@H]1c1ccc(C(F)(F)F)cc1. The Morgan fingerprint density at radius 3 is 2.19 bits per heavy atom. The normalized spacial score (nSPS) is 26.6. The van der Waals surface area contributed by atoms with Crippen LogP contribution in [0.4, 0.5) is 13.2 Å². The highest BCUT2D eigenvalue weighted by molar-refractivity contribution is 5.31. The van der Waals surface area contributed by atoms with E-state index in [9.17, 15) is 13.2 Å². The van der Waals surface area contributed by atoms with Crippen molar-refractivity contribution >= 4 is 0 Å². The van der Waals surface area contributed by atoms with Crippen LogP contribution in [0.3, 0.4) is 0 Å². The Balaban J connectivity index is 2.10. The molecule has 0 heterocycles. The average Bonchev–Trinajstić information content (AvgIpc) is 2.96. The second-order valence-corrected chi connectivity index (χ2v) is 4.48. The molecule has 1 aromatic carbocycles. The lowest BCUT2D eigenvalue weighted by Crippen LogP contribution is -2.17. The number of rotatable bonds is 2. The van der Waals surface area contributed by atoms with Crippen molar-refractivity contribution in [1.82, 2.24) is 0 Å². The molecule has 4 heteroatoms. The first-order valence-corrected chi connectivity index (χ1v) is 5.32. The van der Waals surface area contributed by atoms with E-state index in [-0.39, 0.29) is 6.04 Å². The molecule has 1 aliphatic carbocycles. The maximum atomic E-state index is 12.3. The van der Waals surface area contributed by atoms with Crippen LogP contribution in [-0.4, -0.2) is 6.04 Å². The summed E-state index contributed by atoms with van der Waals surface area (Å²) in [6, 6.07) is 5.54. The summed E-state index contributed by atoms with van der Waals surface area (Å²) < 4.78 is 37.0. The molecule has 0 aliphatic heterocycles. The van der Waals surface area contributed by atoms with Crippen molar-refractivity contribution in [1.29, 1.82) is 0 Å². The molecular weight excluding hydrogens is 215 g/mol. The highest BCUT2D eigenvalue weighted by atomic mass is 19.4. The summed E-state index contributed by atoms with van der Waals surface area (Å²) in [4.78, 5) is 0. The van der Waals surface area contributed by atoms with E-state index in [0.29, 0.717) is 11.8 Å². The molecule has 0 saturated heterocycles. The van der Waals surface area contributed by atoms with E-state index in [1.54, 1.807) is 12.1 Å². The van der Waals surface area contributed by atoms with Gasteiger partial charge >= 0.3 is 6.18 Å². The zero-order valence-corrected chi connectivity index (χ0v) is 8.96. The molecule has 1 aromatic rings. The lowest BCUT2D eigenvalue weighted by Gasteiger charge is -2.08. The van der Waals surface area contributed by atoms with Crippen LogP contribution in [0.2, 0.25) is 0 Å². The number of halogens is 3. The summed E-state index contributed by atoms with van der Waals surface area (Å²) in [5.74, 6) is 0.777. The number of nitrogens with two attached hydrogens (primary N) is 1. The van der Waals surface area contributed by atoms with Crippen molar-refractivity contribution in [3.8, 4) is 0 Å². The predicted molar refractivity (Wildman–Crippen MR) is 55.9 cm³/mol. The van der Waals surface area contributed by atoms with Crippen molar-refractivity contribution in [2.45, 2.75) is 31.5 Å². The number of benzene rings is 1. The average molecular weight is 229 g/mol. The molecule has 1 nitrogen and oxygen atoms in total. The van der Waals surface area contributed by atoms with Crippen molar-refractivity contribution in [3.63, 3.8) is 0 Å². The third-order valence-electron chi connectivity index (χ3n) is 3.18. The van der Waals surface area contributed by atoms with Gasteiger partial charge in [-0.05, 0) is 42.9 Å². The van der Waals surface area contributed by atoms with Crippen LogP contribution in [0.15, 0.2) is 24.3 Å². The fourth-order valence-corrected chi connectivity index (χ4v) is 2.10. The topological polar surface area (TPSA) is 26.0 Å². The largest absolute Gasteiger partial charge is 0.416 e. The fraction of sp³-hybridized carbons (Fsp3) is 0.500. The van der Waals surface area contributed by atoms with Crippen LogP contribution in [-0.2, 0) is 6.18 Å². The van der Waals surface area contributed by atoms with Gasteiger partial charge in [-0.15, -0.1) is 0 Å². The smallest absolute Gasteiger partial charge is 0.328 e. The van der Waals surface area contributed by atoms with E-state index < -0.39 is 11.7 Å². The Morgan fingerprint density at radius 1 is 1.25 bits per heavy atom. The van der Waals surface area contributed by atoms with Gasteiger partial charge in [0.05, 0.1) is 5.56 Å². The summed E-state index contributed by atoms with van der Waals surface area (Å²) in [6.45, 7) is 1.94. The molecule has 0 unspecified atom stereocenters. The van der Waals surface area contributed by atoms with Gasteiger partial charge in [0, 0.05) is 6.04 Å². The van der Waals surface area contributed by atoms with Gasteiger partial charge in [0.2, 0.25) is 0 Å². The molecule has 1 saturated carbocycles. The molecule has 0 spiro atoms. The van der Waals surface area contributed by atoms with Gasteiger partial charge in [-0.25, -0.2) is 0 Å². The van der Waals surface area contributed by atoms with Crippen LogP contribution in [0.5, 0.6) is 0 Å². The Kier molecular flexibility index (Phi) is 2.70. The zero-order chi connectivity index (χ0) is 11.9. The lowest BCUT2D eigenvalue weighted by molar-refractivity contribution is -0.137. The maximum Gasteiger partial charge on any atom is 0.416 e. The van der Waals surface area contributed by atoms with Gasteiger partial charge in [-0.1, -0.05) is 12.1 Å². The molecule has 16 heavy (non-hydrogen) atoms. The molecule has 0 radical (unpaired) electrons. The quantitative estimate of drug-likeness (QED) is 0.828. The second kappa shape index (κ2) is 3.77. The minimum atomic E-state index is -4.25.